The minimum Gasteiger partial charge on any atom is -0.286 e. The van der Waals surface area contributed by atoms with Crippen LogP contribution in [-0.4, -0.2) is 29.2 Å². The number of amides is 1. The average molecular weight is 478 g/mol. The molecule has 3 aromatic rings. The lowest BCUT2D eigenvalue weighted by atomic mass is 10.2. The summed E-state index contributed by atoms with van der Waals surface area (Å²) in [5.74, 6) is -1.45. The molecule has 166 valence electrons. The number of carbonyl (C=O) groups excluding carboxylic acids is 1. The first-order chi connectivity index (χ1) is 15.2. The topological polar surface area (TPSA) is 168 Å². The first-order valence-corrected chi connectivity index (χ1v) is 10.7. The van der Waals surface area contributed by atoms with Gasteiger partial charge in [-0.25, -0.2) is 18.4 Å². The lowest BCUT2D eigenvalue weighted by Gasteiger charge is -2.12. The Balaban J connectivity index is 1.78. The third-order valence-corrected chi connectivity index (χ3v) is 5.52. The molecule has 0 aliphatic carbocycles. The van der Waals surface area contributed by atoms with E-state index in [1.165, 1.54) is 24.3 Å². The minimum atomic E-state index is -4.04. The van der Waals surface area contributed by atoms with Gasteiger partial charge in [-0.1, -0.05) is 35.4 Å². The fourth-order valence-corrected chi connectivity index (χ4v) is 3.48. The third-order valence-electron chi connectivity index (χ3n) is 4.02. The van der Waals surface area contributed by atoms with Crippen molar-refractivity contribution in [3.05, 3.63) is 81.1 Å². The number of hydrogen-bond acceptors (Lipinski definition) is 9. The van der Waals surface area contributed by atoms with Crippen molar-refractivity contribution in [1.29, 1.82) is 0 Å². The monoisotopic (exact) mass is 477 g/mol. The van der Waals surface area contributed by atoms with Crippen molar-refractivity contribution in [3.8, 4) is 0 Å². The van der Waals surface area contributed by atoms with Gasteiger partial charge in [-0.05, 0) is 37.3 Å². The van der Waals surface area contributed by atoms with Gasteiger partial charge < -0.3 is 0 Å². The first-order valence-electron chi connectivity index (χ1n) is 8.83. The van der Waals surface area contributed by atoms with Gasteiger partial charge in [0.2, 0.25) is 11.6 Å². The molecule has 0 saturated carbocycles. The fourth-order valence-electron chi connectivity index (χ4n) is 2.44. The second-order valence-electron chi connectivity index (χ2n) is 6.31. The summed E-state index contributed by atoms with van der Waals surface area (Å²) in [5.41, 5.74) is 7.17. The van der Waals surface area contributed by atoms with Crippen molar-refractivity contribution in [1.82, 2.24) is 20.2 Å². The fraction of sp³-hybridized carbons (Fsp3) is 0.0556. The van der Waals surface area contributed by atoms with Crippen LogP contribution in [0, 0.1) is 17.0 Å². The molecule has 4 N–H and O–H groups in total. The van der Waals surface area contributed by atoms with Crippen LogP contribution in [0.2, 0.25) is 5.02 Å². The van der Waals surface area contributed by atoms with Crippen LogP contribution >= 0.6 is 11.6 Å². The van der Waals surface area contributed by atoms with E-state index in [4.69, 9.17) is 11.6 Å². The van der Waals surface area contributed by atoms with Gasteiger partial charge in [-0.15, -0.1) is 4.83 Å². The van der Waals surface area contributed by atoms with Gasteiger partial charge in [0.25, 0.3) is 15.9 Å². The summed E-state index contributed by atoms with van der Waals surface area (Å²) in [4.78, 5) is 32.4. The van der Waals surface area contributed by atoms with Crippen LogP contribution in [0.1, 0.15) is 15.9 Å². The summed E-state index contributed by atoms with van der Waals surface area (Å²) in [6, 6.07) is 12.0. The molecule has 0 saturated heterocycles. The zero-order chi connectivity index (χ0) is 23.3. The number of aryl methyl sites for hydroxylation is 1. The molecule has 1 amide bonds. The molecule has 0 aliphatic heterocycles. The Kier molecular flexibility index (Phi) is 6.82. The number of carbonyl (C=O) groups is 1. The lowest BCUT2D eigenvalue weighted by molar-refractivity contribution is -0.383. The van der Waals surface area contributed by atoms with Gasteiger partial charge in [-0.2, -0.15) is 0 Å². The third kappa shape index (κ3) is 5.46. The number of aromatic nitrogens is 2. The van der Waals surface area contributed by atoms with Gasteiger partial charge in [-0.3, -0.25) is 31.2 Å². The summed E-state index contributed by atoms with van der Waals surface area (Å²) >= 11 is 5.84. The van der Waals surface area contributed by atoms with E-state index in [0.717, 1.165) is 11.9 Å². The van der Waals surface area contributed by atoms with E-state index < -0.39 is 32.4 Å². The van der Waals surface area contributed by atoms with Crippen molar-refractivity contribution >= 4 is 44.9 Å². The maximum Gasteiger partial charge on any atom is 0.356 e. The summed E-state index contributed by atoms with van der Waals surface area (Å²) in [5, 5.41) is 11.9. The molecule has 0 unspecified atom stereocenters. The molecule has 0 atom stereocenters. The number of sulfonamides is 1. The lowest BCUT2D eigenvalue weighted by Crippen LogP contribution is -2.32. The number of nitrogens with zero attached hydrogens (tertiary/aromatic N) is 3. The molecule has 0 fully saturated rings. The van der Waals surface area contributed by atoms with Crippen molar-refractivity contribution in [2.75, 3.05) is 10.9 Å². The zero-order valence-electron chi connectivity index (χ0n) is 16.4. The molecule has 3 rings (SSSR count). The molecular formula is C18H16ClN7O5S. The Bertz CT molecular complexity index is 1270. The maximum atomic E-state index is 12.4. The predicted molar refractivity (Wildman–Crippen MR) is 116 cm³/mol. The second kappa shape index (κ2) is 9.55. The molecule has 12 nitrogen and oxygen atoms in total. The summed E-state index contributed by atoms with van der Waals surface area (Å²) in [6.07, 6.45) is 0.948. The van der Waals surface area contributed by atoms with Crippen LogP contribution < -0.4 is 21.1 Å². The van der Waals surface area contributed by atoms with Crippen LogP contribution in [0.4, 0.5) is 17.3 Å². The van der Waals surface area contributed by atoms with Crippen molar-refractivity contribution in [2.45, 2.75) is 11.8 Å². The number of anilines is 2. The van der Waals surface area contributed by atoms with Crippen molar-refractivity contribution < 1.29 is 18.1 Å². The molecule has 0 spiro atoms. The zero-order valence-corrected chi connectivity index (χ0v) is 17.9. The standard InChI is InChI=1S/C18H16ClN7O5S/c1-11-5-7-14(8-6-11)32(30,31)25-23-17-15(26(28)29)16(20-10-21-17)22-24-18(27)12-3-2-4-13(19)9-12/h2-10,25H,1H3,(H,24,27)(H2,20,21,22,23). The van der Waals surface area contributed by atoms with E-state index in [1.54, 1.807) is 31.2 Å². The second-order valence-corrected chi connectivity index (χ2v) is 8.43. The molecule has 0 bridgehead atoms. The van der Waals surface area contributed by atoms with Gasteiger partial charge in [0.1, 0.15) is 6.33 Å². The number of rotatable bonds is 8. The van der Waals surface area contributed by atoms with Crippen LogP contribution in [0.15, 0.2) is 59.8 Å². The Morgan fingerprint density at radius 3 is 2.34 bits per heavy atom. The smallest absolute Gasteiger partial charge is 0.286 e. The van der Waals surface area contributed by atoms with Crippen LogP contribution in [0.3, 0.4) is 0 Å². The number of benzene rings is 2. The maximum absolute atomic E-state index is 12.4. The number of hydrazine groups is 2. The number of nitrogens with one attached hydrogen (secondary N) is 4. The summed E-state index contributed by atoms with van der Waals surface area (Å²) in [6.45, 7) is 1.80. The molecule has 2 aromatic carbocycles. The highest BCUT2D eigenvalue weighted by Crippen LogP contribution is 2.28. The number of halogens is 1. The van der Waals surface area contributed by atoms with E-state index in [0.29, 0.717) is 5.02 Å². The number of nitro groups is 1. The van der Waals surface area contributed by atoms with Gasteiger partial charge >= 0.3 is 5.69 Å². The van der Waals surface area contributed by atoms with E-state index in [-0.39, 0.29) is 16.3 Å². The summed E-state index contributed by atoms with van der Waals surface area (Å²) in [7, 11) is -4.04. The average Bonchev–Trinajstić information content (AvgIpc) is 2.76. The van der Waals surface area contributed by atoms with E-state index in [1.807, 2.05) is 4.83 Å². The molecule has 1 heterocycles. The highest BCUT2D eigenvalue weighted by molar-refractivity contribution is 7.89. The van der Waals surface area contributed by atoms with E-state index in [9.17, 15) is 23.3 Å². The van der Waals surface area contributed by atoms with E-state index in [2.05, 4.69) is 26.2 Å². The van der Waals surface area contributed by atoms with Crippen molar-refractivity contribution in [3.63, 3.8) is 0 Å². The molecule has 1 aromatic heterocycles. The Morgan fingerprint density at radius 2 is 1.72 bits per heavy atom. The van der Waals surface area contributed by atoms with Crippen molar-refractivity contribution in [2.24, 2.45) is 0 Å². The van der Waals surface area contributed by atoms with Gasteiger partial charge in [0, 0.05) is 10.6 Å². The highest BCUT2D eigenvalue weighted by atomic mass is 35.5. The first kappa shape index (κ1) is 22.9. The van der Waals surface area contributed by atoms with Crippen LogP contribution in [-0.2, 0) is 10.0 Å². The quantitative estimate of drug-likeness (QED) is 0.281. The van der Waals surface area contributed by atoms with Gasteiger partial charge in [0.15, 0.2) is 0 Å². The Labute approximate surface area is 187 Å². The molecule has 0 aliphatic rings. The SMILES string of the molecule is Cc1ccc(S(=O)(=O)NNc2ncnc(NNC(=O)c3cccc(Cl)c3)c2[N+](=O)[O-])cc1. The highest BCUT2D eigenvalue weighted by Gasteiger charge is 2.25. The minimum absolute atomic E-state index is 0.0561. The molecular weight excluding hydrogens is 462 g/mol. The summed E-state index contributed by atoms with van der Waals surface area (Å²) < 4.78 is 24.8. The molecule has 32 heavy (non-hydrogen) atoms. The number of hydrogen-bond donors (Lipinski definition) is 4. The normalized spacial score (nSPS) is 10.9. The Morgan fingerprint density at radius 1 is 1.06 bits per heavy atom. The van der Waals surface area contributed by atoms with E-state index >= 15 is 0 Å². The van der Waals surface area contributed by atoms with Crippen LogP contribution in [0.5, 0.6) is 0 Å². The van der Waals surface area contributed by atoms with Gasteiger partial charge in [0.05, 0.1) is 9.82 Å². The predicted octanol–water partition coefficient (Wildman–Crippen LogP) is 2.41. The molecule has 0 radical (unpaired) electrons. The Hall–Kier alpha value is -3.81. The largest absolute Gasteiger partial charge is 0.356 e. The molecule has 14 heteroatoms. The van der Waals surface area contributed by atoms with Crippen LogP contribution in [0.25, 0.3) is 0 Å².